The lowest BCUT2D eigenvalue weighted by Crippen LogP contribution is -2.59. The van der Waals surface area contributed by atoms with Gasteiger partial charge in [0, 0.05) is 12.6 Å². The predicted octanol–water partition coefficient (Wildman–Crippen LogP) is 2.60. The molecule has 1 saturated heterocycles. The van der Waals surface area contributed by atoms with Crippen LogP contribution in [0, 0.1) is 5.92 Å². The summed E-state index contributed by atoms with van der Waals surface area (Å²) in [6.07, 6.45) is 0.943. The van der Waals surface area contributed by atoms with Crippen LogP contribution in [0.4, 0.5) is 0 Å². The maximum atomic E-state index is 11.7. The molecule has 0 spiro atoms. The fraction of sp³-hybridized carbons (Fsp3) is 0.750. The molecule has 1 rings (SSSR count). The minimum Gasteiger partial charge on any atom is -0.339 e. The van der Waals surface area contributed by atoms with E-state index in [2.05, 4.69) is 27.7 Å². The highest BCUT2D eigenvalue weighted by molar-refractivity contribution is 5.86. The Hall–Kier alpha value is -0.790. The summed E-state index contributed by atoms with van der Waals surface area (Å²) in [5.41, 5.74) is 2.71. The Balaban J connectivity index is 2.58. The molecule has 0 aromatic rings. The van der Waals surface area contributed by atoms with Gasteiger partial charge in [-0.3, -0.25) is 4.79 Å². The van der Waals surface area contributed by atoms with Crippen molar-refractivity contribution in [2.45, 2.75) is 47.1 Å². The van der Waals surface area contributed by atoms with Gasteiger partial charge in [-0.1, -0.05) is 11.1 Å². The molecular formula is C12H21NO. The Morgan fingerprint density at radius 3 is 2.29 bits per heavy atom. The van der Waals surface area contributed by atoms with Gasteiger partial charge < -0.3 is 4.90 Å². The summed E-state index contributed by atoms with van der Waals surface area (Å²) >= 11 is 0. The molecule has 0 radical (unpaired) electrons. The zero-order valence-corrected chi connectivity index (χ0v) is 9.92. The molecule has 1 heterocycles. The first kappa shape index (κ1) is 11.3. The SMILES string of the molecule is CCN1C(=O)[C@@H](CC(C)=C(C)C)[C@@H]1C. The van der Waals surface area contributed by atoms with E-state index in [9.17, 15) is 4.79 Å². The predicted molar refractivity (Wildman–Crippen MR) is 59.0 cm³/mol. The van der Waals surface area contributed by atoms with E-state index in [1.54, 1.807) is 0 Å². The lowest BCUT2D eigenvalue weighted by atomic mass is 9.83. The van der Waals surface area contributed by atoms with Gasteiger partial charge in [0.2, 0.25) is 5.91 Å². The topological polar surface area (TPSA) is 20.3 Å². The maximum Gasteiger partial charge on any atom is 0.228 e. The van der Waals surface area contributed by atoms with Crippen LogP contribution in [-0.2, 0) is 4.79 Å². The van der Waals surface area contributed by atoms with Crippen LogP contribution in [0.3, 0.4) is 0 Å². The Bertz CT molecular complexity index is 263. The third kappa shape index (κ3) is 1.84. The molecule has 14 heavy (non-hydrogen) atoms. The molecule has 0 aromatic heterocycles. The lowest BCUT2D eigenvalue weighted by Gasteiger charge is -2.45. The Morgan fingerprint density at radius 2 is 1.93 bits per heavy atom. The first-order chi connectivity index (χ1) is 6.49. The first-order valence-electron chi connectivity index (χ1n) is 5.42. The van der Waals surface area contributed by atoms with E-state index in [0.29, 0.717) is 11.9 Å². The molecule has 1 aliphatic heterocycles. The van der Waals surface area contributed by atoms with E-state index in [1.807, 2.05) is 11.8 Å². The van der Waals surface area contributed by atoms with Gasteiger partial charge in [-0.05, 0) is 41.0 Å². The summed E-state index contributed by atoms with van der Waals surface area (Å²) in [7, 11) is 0. The fourth-order valence-electron chi connectivity index (χ4n) is 1.99. The summed E-state index contributed by atoms with van der Waals surface area (Å²) in [6.45, 7) is 11.4. The molecule has 1 fully saturated rings. The summed E-state index contributed by atoms with van der Waals surface area (Å²) in [4.78, 5) is 13.6. The summed E-state index contributed by atoms with van der Waals surface area (Å²) in [5, 5.41) is 0. The molecular weight excluding hydrogens is 174 g/mol. The van der Waals surface area contributed by atoms with Crippen molar-refractivity contribution in [3.8, 4) is 0 Å². The van der Waals surface area contributed by atoms with E-state index < -0.39 is 0 Å². The third-order valence-corrected chi connectivity index (χ3v) is 3.39. The minimum absolute atomic E-state index is 0.241. The van der Waals surface area contributed by atoms with Gasteiger partial charge in [0.1, 0.15) is 0 Å². The monoisotopic (exact) mass is 195 g/mol. The minimum atomic E-state index is 0.241. The smallest absolute Gasteiger partial charge is 0.228 e. The van der Waals surface area contributed by atoms with Crippen LogP contribution >= 0.6 is 0 Å². The standard InChI is InChI=1S/C12H21NO/c1-6-13-10(5)11(12(13)14)7-9(4)8(2)3/h10-11H,6-7H2,1-5H3/t10-,11-/m0/s1. The molecule has 1 amide bonds. The Kier molecular flexibility index (Phi) is 3.35. The van der Waals surface area contributed by atoms with Gasteiger partial charge >= 0.3 is 0 Å². The maximum absolute atomic E-state index is 11.7. The average molecular weight is 195 g/mol. The Labute approximate surface area is 87.0 Å². The molecule has 2 atom stereocenters. The van der Waals surface area contributed by atoms with E-state index in [4.69, 9.17) is 0 Å². The second-order valence-electron chi connectivity index (χ2n) is 4.46. The van der Waals surface area contributed by atoms with Crippen molar-refractivity contribution in [1.82, 2.24) is 4.90 Å². The number of hydrogen-bond acceptors (Lipinski definition) is 1. The highest BCUT2D eigenvalue weighted by atomic mass is 16.2. The van der Waals surface area contributed by atoms with Crippen LogP contribution in [-0.4, -0.2) is 23.4 Å². The highest BCUT2D eigenvalue weighted by Gasteiger charge is 2.42. The molecule has 0 aliphatic carbocycles. The quantitative estimate of drug-likeness (QED) is 0.500. The molecule has 1 aliphatic rings. The van der Waals surface area contributed by atoms with Crippen molar-refractivity contribution in [2.75, 3.05) is 6.54 Å². The molecule has 0 saturated carbocycles. The van der Waals surface area contributed by atoms with Crippen LogP contribution in [0.1, 0.15) is 41.0 Å². The number of amides is 1. The van der Waals surface area contributed by atoms with Crippen molar-refractivity contribution < 1.29 is 4.79 Å². The van der Waals surface area contributed by atoms with Gasteiger partial charge in [-0.25, -0.2) is 0 Å². The molecule has 2 nitrogen and oxygen atoms in total. The highest BCUT2D eigenvalue weighted by Crippen LogP contribution is 2.31. The van der Waals surface area contributed by atoms with E-state index in [0.717, 1.165) is 13.0 Å². The van der Waals surface area contributed by atoms with Crippen LogP contribution in [0.15, 0.2) is 11.1 Å². The first-order valence-corrected chi connectivity index (χ1v) is 5.42. The van der Waals surface area contributed by atoms with Gasteiger partial charge in [0.15, 0.2) is 0 Å². The average Bonchev–Trinajstić information content (AvgIpc) is 2.14. The molecule has 0 aromatic carbocycles. The zero-order chi connectivity index (χ0) is 10.9. The van der Waals surface area contributed by atoms with Crippen molar-refractivity contribution in [2.24, 2.45) is 5.92 Å². The number of nitrogens with zero attached hydrogens (tertiary/aromatic N) is 1. The van der Waals surface area contributed by atoms with Crippen LogP contribution < -0.4 is 0 Å². The molecule has 80 valence electrons. The van der Waals surface area contributed by atoms with Crippen molar-refractivity contribution in [3.05, 3.63) is 11.1 Å². The molecule has 0 bridgehead atoms. The fourth-order valence-corrected chi connectivity index (χ4v) is 1.99. The number of β-lactam (4-membered cyclic amide) rings is 1. The largest absolute Gasteiger partial charge is 0.339 e. The van der Waals surface area contributed by atoms with E-state index >= 15 is 0 Å². The van der Waals surface area contributed by atoms with Gasteiger partial charge in [0.25, 0.3) is 0 Å². The van der Waals surface area contributed by atoms with Crippen LogP contribution in [0.5, 0.6) is 0 Å². The zero-order valence-electron chi connectivity index (χ0n) is 9.92. The van der Waals surface area contributed by atoms with Gasteiger partial charge in [-0.2, -0.15) is 0 Å². The van der Waals surface area contributed by atoms with Crippen LogP contribution in [0.2, 0.25) is 0 Å². The van der Waals surface area contributed by atoms with Gasteiger partial charge in [-0.15, -0.1) is 0 Å². The van der Waals surface area contributed by atoms with Gasteiger partial charge in [0.05, 0.1) is 5.92 Å². The van der Waals surface area contributed by atoms with Crippen molar-refractivity contribution in [3.63, 3.8) is 0 Å². The molecule has 2 heteroatoms. The number of hydrogen-bond donors (Lipinski definition) is 0. The van der Waals surface area contributed by atoms with E-state index in [-0.39, 0.29) is 5.92 Å². The summed E-state index contributed by atoms with van der Waals surface area (Å²) in [5.74, 6) is 0.574. The molecule has 0 unspecified atom stereocenters. The summed E-state index contributed by atoms with van der Waals surface area (Å²) in [6, 6.07) is 0.432. The second-order valence-corrected chi connectivity index (χ2v) is 4.46. The summed E-state index contributed by atoms with van der Waals surface area (Å²) < 4.78 is 0. The number of allylic oxidation sites excluding steroid dienone is 2. The third-order valence-electron chi connectivity index (χ3n) is 3.39. The second kappa shape index (κ2) is 4.16. The number of carbonyl (C=O) groups is 1. The molecule has 0 N–H and O–H groups in total. The van der Waals surface area contributed by atoms with Crippen LogP contribution in [0.25, 0.3) is 0 Å². The lowest BCUT2D eigenvalue weighted by molar-refractivity contribution is -0.154. The normalized spacial score (nSPS) is 26.1. The Morgan fingerprint density at radius 1 is 1.36 bits per heavy atom. The number of rotatable bonds is 3. The van der Waals surface area contributed by atoms with Crippen molar-refractivity contribution >= 4 is 5.91 Å². The number of likely N-dealkylation sites (tertiary alicyclic amines) is 1. The van der Waals surface area contributed by atoms with E-state index in [1.165, 1.54) is 11.1 Å². The van der Waals surface area contributed by atoms with Crippen molar-refractivity contribution in [1.29, 1.82) is 0 Å². The number of carbonyl (C=O) groups excluding carboxylic acids is 1.